The molecular weight excluding hydrogens is 441 g/mol. The van der Waals surface area contributed by atoms with Crippen molar-refractivity contribution in [1.82, 2.24) is 4.98 Å². The molecule has 0 saturated carbocycles. The van der Waals surface area contributed by atoms with Crippen LogP contribution in [0.2, 0.25) is 0 Å². The molecule has 1 aliphatic rings. The topological polar surface area (TPSA) is 45.2 Å². The number of carbonyl (C=O) groups is 1. The molecule has 4 rings (SSSR count). The van der Waals surface area contributed by atoms with E-state index < -0.39 is 0 Å². The summed E-state index contributed by atoms with van der Waals surface area (Å²) < 4.78 is 15.0. The van der Waals surface area contributed by atoms with Crippen molar-refractivity contribution in [1.29, 1.82) is 0 Å². The third-order valence-corrected chi connectivity index (χ3v) is 6.04. The lowest BCUT2D eigenvalue weighted by Gasteiger charge is -2.18. The highest BCUT2D eigenvalue weighted by atomic mass is 79.9. The molecule has 0 unspecified atom stereocenters. The molecule has 1 fully saturated rings. The molecule has 1 saturated heterocycles. The summed E-state index contributed by atoms with van der Waals surface area (Å²) in [5.74, 6) is -0.547. The lowest BCUT2D eigenvalue weighted by molar-refractivity contribution is -0.115. The number of nitrogens with zero attached hydrogens (tertiary/aromatic N) is 2. The second-order valence-electron chi connectivity index (χ2n) is 6.77. The maximum atomic E-state index is 14.0. The molecular formula is C21H19BrFN3OS. The Labute approximate surface area is 175 Å². The second kappa shape index (κ2) is 8.41. The predicted octanol–water partition coefficient (Wildman–Crippen LogP) is 5.49. The standard InChI is InChI=1S/C21H19BrFN3OS/c22-15-5-3-4-14(8-15)21-25-18(13-28-21)12-20(27)24-17-9-16(23)10-19(11-17)26-6-1-2-7-26/h3-5,8-11,13H,1-2,6-7,12H2,(H,24,27). The number of carbonyl (C=O) groups excluding carboxylic acids is 1. The van der Waals surface area contributed by atoms with E-state index in [0.29, 0.717) is 11.4 Å². The summed E-state index contributed by atoms with van der Waals surface area (Å²) in [5.41, 5.74) is 3.01. The number of rotatable bonds is 5. The number of hydrogen-bond acceptors (Lipinski definition) is 4. The molecule has 1 N–H and O–H groups in total. The van der Waals surface area contributed by atoms with Gasteiger partial charge >= 0.3 is 0 Å². The molecule has 0 spiro atoms. The number of thiazole rings is 1. The summed E-state index contributed by atoms with van der Waals surface area (Å²) in [7, 11) is 0. The number of amides is 1. The number of anilines is 2. The van der Waals surface area contributed by atoms with Crippen LogP contribution in [-0.4, -0.2) is 24.0 Å². The summed E-state index contributed by atoms with van der Waals surface area (Å²) >= 11 is 4.96. The van der Waals surface area contributed by atoms with E-state index >= 15 is 0 Å². The van der Waals surface area contributed by atoms with Crippen LogP contribution in [0.1, 0.15) is 18.5 Å². The SMILES string of the molecule is O=C(Cc1csc(-c2cccc(Br)c2)n1)Nc1cc(F)cc(N2CCCC2)c1. The molecule has 3 aromatic rings. The Morgan fingerprint density at radius 3 is 2.82 bits per heavy atom. The molecule has 1 amide bonds. The fourth-order valence-corrected chi connectivity index (χ4v) is 4.53. The minimum absolute atomic E-state index is 0.153. The molecule has 2 aromatic carbocycles. The maximum absolute atomic E-state index is 14.0. The van der Waals surface area contributed by atoms with E-state index in [4.69, 9.17) is 0 Å². The van der Waals surface area contributed by atoms with E-state index in [1.807, 2.05) is 35.7 Å². The smallest absolute Gasteiger partial charge is 0.230 e. The fraction of sp³-hybridized carbons (Fsp3) is 0.238. The van der Waals surface area contributed by atoms with Crippen molar-refractivity contribution in [2.75, 3.05) is 23.3 Å². The van der Waals surface area contributed by atoms with Crippen molar-refractivity contribution in [3.05, 3.63) is 63.8 Å². The van der Waals surface area contributed by atoms with Gasteiger partial charge in [0.1, 0.15) is 10.8 Å². The van der Waals surface area contributed by atoms with Crippen LogP contribution in [0.15, 0.2) is 52.3 Å². The molecule has 4 nitrogen and oxygen atoms in total. The molecule has 0 radical (unpaired) electrons. The quantitative estimate of drug-likeness (QED) is 0.548. The summed E-state index contributed by atoms with van der Waals surface area (Å²) in [6.45, 7) is 1.85. The van der Waals surface area contributed by atoms with Crippen LogP contribution in [0.25, 0.3) is 10.6 Å². The van der Waals surface area contributed by atoms with E-state index in [1.54, 1.807) is 0 Å². The number of halogens is 2. The van der Waals surface area contributed by atoms with Crippen molar-refractivity contribution in [3.63, 3.8) is 0 Å². The van der Waals surface area contributed by atoms with Gasteiger partial charge in [0.15, 0.2) is 0 Å². The predicted molar refractivity (Wildman–Crippen MR) is 115 cm³/mol. The monoisotopic (exact) mass is 459 g/mol. The van der Waals surface area contributed by atoms with Crippen LogP contribution < -0.4 is 10.2 Å². The van der Waals surface area contributed by atoms with Crippen LogP contribution in [0.5, 0.6) is 0 Å². The Hall–Kier alpha value is -2.25. The van der Waals surface area contributed by atoms with Crippen molar-refractivity contribution in [3.8, 4) is 10.6 Å². The summed E-state index contributed by atoms with van der Waals surface area (Å²) in [6.07, 6.45) is 2.38. The Bertz CT molecular complexity index is 1000. The molecule has 28 heavy (non-hydrogen) atoms. The van der Waals surface area contributed by atoms with E-state index in [1.165, 1.54) is 23.5 Å². The maximum Gasteiger partial charge on any atom is 0.230 e. The Balaban J connectivity index is 1.43. The van der Waals surface area contributed by atoms with Gasteiger partial charge in [0, 0.05) is 39.9 Å². The fourth-order valence-electron chi connectivity index (χ4n) is 3.32. The van der Waals surface area contributed by atoms with Gasteiger partial charge in [-0.2, -0.15) is 0 Å². The van der Waals surface area contributed by atoms with Crippen LogP contribution in [0.3, 0.4) is 0 Å². The zero-order chi connectivity index (χ0) is 19.5. The second-order valence-corrected chi connectivity index (χ2v) is 8.55. The molecule has 0 atom stereocenters. The third-order valence-electron chi connectivity index (χ3n) is 4.60. The molecule has 7 heteroatoms. The van der Waals surface area contributed by atoms with Gasteiger partial charge in [0.25, 0.3) is 0 Å². The molecule has 1 aliphatic heterocycles. The molecule has 1 aromatic heterocycles. The van der Waals surface area contributed by atoms with E-state index in [0.717, 1.165) is 46.7 Å². The van der Waals surface area contributed by atoms with Crippen molar-refractivity contribution in [2.45, 2.75) is 19.3 Å². The van der Waals surface area contributed by atoms with Gasteiger partial charge in [-0.3, -0.25) is 4.79 Å². The summed E-state index contributed by atoms with van der Waals surface area (Å²) in [5, 5.41) is 5.56. The Morgan fingerprint density at radius 2 is 2.04 bits per heavy atom. The number of nitrogens with one attached hydrogen (secondary N) is 1. The van der Waals surface area contributed by atoms with Crippen LogP contribution >= 0.6 is 27.3 Å². The Kier molecular flexibility index (Phi) is 5.73. The normalized spacial score (nSPS) is 13.7. The van der Waals surface area contributed by atoms with Crippen molar-refractivity contribution in [2.24, 2.45) is 0 Å². The largest absolute Gasteiger partial charge is 0.371 e. The summed E-state index contributed by atoms with van der Waals surface area (Å²) in [4.78, 5) is 19.1. The van der Waals surface area contributed by atoms with Gasteiger partial charge in [0.2, 0.25) is 5.91 Å². The van der Waals surface area contributed by atoms with Crippen molar-refractivity contribution < 1.29 is 9.18 Å². The first-order valence-electron chi connectivity index (χ1n) is 9.12. The average Bonchev–Trinajstić information content (AvgIpc) is 3.33. The van der Waals surface area contributed by atoms with E-state index in [2.05, 4.69) is 31.1 Å². The average molecular weight is 460 g/mol. The van der Waals surface area contributed by atoms with Crippen LogP contribution in [0.4, 0.5) is 15.8 Å². The highest BCUT2D eigenvalue weighted by Gasteiger charge is 2.15. The van der Waals surface area contributed by atoms with Gasteiger partial charge in [-0.15, -0.1) is 11.3 Å². The zero-order valence-corrected chi connectivity index (χ0v) is 17.5. The van der Waals surface area contributed by atoms with Gasteiger partial charge in [0.05, 0.1) is 12.1 Å². The van der Waals surface area contributed by atoms with Crippen LogP contribution in [0, 0.1) is 5.82 Å². The molecule has 2 heterocycles. The molecule has 144 valence electrons. The van der Waals surface area contributed by atoms with Crippen molar-refractivity contribution >= 4 is 44.5 Å². The Morgan fingerprint density at radius 1 is 1.21 bits per heavy atom. The number of aromatic nitrogens is 1. The lowest BCUT2D eigenvalue weighted by Crippen LogP contribution is -2.19. The first-order chi connectivity index (χ1) is 13.6. The lowest BCUT2D eigenvalue weighted by atomic mass is 10.2. The first-order valence-corrected chi connectivity index (χ1v) is 10.8. The van der Waals surface area contributed by atoms with E-state index in [-0.39, 0.29) is 18.1 Å². The highest BCUT2D eigenvalue weighted by molar-refractivity contribution is 9.10. The van der Waals surface area contributed by atoms with Gasteiger partial charge in [-0.25, -0.2) is 9.37 Å². The number of benzene rings is 2. The first kappa shape index (κ1) is 19.1. The van der Waals surface area contributed by atoms with E-state index in [9.17, 15) is 9.18 Å². The van der Waals surface area contributed by atoms with Gasteiger partial charge < -0.3 is 10.2 Å². The number of hydrogen-bond donors (Lipinski definition) is 1. The third kappa shape index (κ3) is 4.59. The van der Waals surface area contributed by atoms with Crippen LogP contribution in [-0.2, 0) is 11.2 Å². The van der Waals surface area contributed by atoms with Gasteiger partial charge in [-0.1, -0.05) is 28.1 Å². The zero-order valence-electron chi connectivity index (χ0n) is 15.1. The molecule has 0 aliphatic carbocycles. The van der Waals surface area contributed by atoms with Gasteiger partial charge in [-0.05, 0) is 43.2 Å². The molecule has 0 bridgehead atoms. The highest BCUT2D eigenvalue weighted by Crippen LogP contribution is 2.27. The minimum Gasteiger partial charge on any atom is -0.371 e. The summed E-state index contributed by atoms with van der Waals surface area (Å²) in [6, 6.07) is 12.6. The minimum atomic E-state index is -0.342.